The molecule has 0 saturated heterocycles. The molecule has 1 N–H and O–H groups in total. The molecule has 27 heavy (non-hydrogen) atoms. The van der Waals surface area contributed by atoms with Crippen LogP contribution in [0.1, 0.15) is 47.2 Å². The summed E-state index contributed by atoms with van der Waals surface area (Å²) in [5.74, 6) is -0.0750. The molecule has 0 aromatic carbocycles. The Morgan fingerprint density at radius 1 is 1.33 bits per heavy atom. The average molecular weight is 386 g/mol. The van der Waals surface area contributed by atoms with Gasteiger partial charge in [-0.25, -0.2) is 4.98 Å². The predicted octanol–water partition coefficient (Wildman–Crippen LogP) is 3.46. The van der Waals surface area contributed by atoms with E-state index >= 15 is 0 Å². The molecule has 3 aromatic heterocycles. The molecular weight excluding hydrogens is 358 g/mol. The van der Waals surface area contributed by atoms with Gasteiger partial charge in [-0.05, 0) is 55.4 Å². The second kappa shape index (κ2) is 8.19. The van der Waals surface area contributed by atoms with Gasteiger partial charge in [-0.1, -0.05) is 13.8 Å². The predicted molar refractivity (Wildman–Crippen MR) is 110 cm³/mol. The smallest absolute Gasteiger partial charge is 0.252 e. The first-order chi connectivity index (χ1) is 13.0. The molecule has 1 atom stereocenters. The molecule has 0 saturated carbocycles. The van der Waals surface area contributed by atoms with Crippen LogP contribution in [-0.4, -0.2) is 45.2 Å². The van der Waals surface area contributed by atoms with Crippen molar-refractivity contribution in [2.45, 2.75) is 33.7 Å². The number of nitrogens with zero attached hydrogens (tertiary/aromatic N) is 4. The van der Waals surface area contributed by atoms with E-state index in [-0.39, 0.29) is 11.9 Å². The third kappa shape index (κ3) is 3.89. The molecule has 7 heteroatoms. The molecule has 6 nitrogen and oxygen atoms in total. The van der Waals surface area contributed by atoms with Gasteiger partial charge in [0.25, 0.3) is 5.91 Å². The summed E-state index contributed by atoms with van der Waals surface area (Å²) in [5, 5.41) is 12.7. The molecule has 0 radical (unpaired) electrons. The number of aromatic nitrogens is 3. The third-order valence-corrected chi connectivity index (χ3v) is 5.68. The first-order valence-corrected chi connectivity index (χ1v) is 10.3. The van der Waals surface area contributed by atoms with E-state index in [9.17, 15) is 4.79 Å². The van der Waals surface area contributed by atoms with Crippen LogP contribution in [0.3, 0.4) is 0 Å². The van der Waals surface area contributed by atoms with Gasteiger partial charge in [-0.2, -0.15) is 16.4 Å². The fourth-order valence-electron chi connectivity index (χ4n) is 3.62. The Labute approximate surface area is 164 Å². The first-order valence-electron chi connectivity index (χ1n) is 9.31. The number of thiophene rings is 1. The van der Waals surface area contributed by atoms with Gasteiger partial charge in [0.05, 0.1) is 22.7 Å². The molecule has 0 aliphatic rings. The van der Waals surface area contributed by atoms with Crippen LogP contribution >= 0.6 is 11.3 Å². The summed E-state index contributed by atoms with van der Waals surface area (Å²) in [4.78, 5) is 20.0. The van der Waals surface area contributed by atoms with E-state index in [1.807, 2.05) is 27.0 Å². The van der Waals surface area contributed by atoms with Crippen molar-refractivity contribution in [2.75, 3.05) is 19.6 Å². The van der Waals surface area contributed by atoms with Gasteiger partial charge in [-0.15, -0.1) is 0 Å². The molecule has 0 aliphatic heterocycles. The molecule has 3 heterocycles. The number of hydrogen-bond acceptors (Lipinski definition) is 5. The SMILES string of the molecule is CCN(CC)C(CNC(=O)c1cc(C)nc2c1c(C)nn2C)c1ccsc1. The van der Waals surface area contributed by atoms with E-state index < -0.39 is 0 Å². The molecule has 1 unspecified atom stereocenters. The number of hydrogen-bond donors (Lipinski definition) is 1. The molecule has 0 aliphatic carbocycles. The Kier molecular flexibility index (Phi) is 5.92. The fourth-order valence-corrected chi connectivity index (χ4v) is 4.33. The number of aryl methyl sites for hydroxylation is 3. The summed E-state index contributed by atoms with van der Waals surface area (Å²) in [6.45, 7) is 10.6. The Bertz CT molecular complexity index is 928. The normalized spacial score (nSPS) is 12.7. The zero-order chi connectivity index (χ0) is 19.6. The highest BCUT2D eigenvalue weighted by Crippen LogP contribution is 2.24. The monoisotopic (exact) mass is 385 g/mol. The number of likely N-dealkylation sites (N-methyl/N-ethyl adjacent to an activating group) is 1. The maximum absolute atomic E-state index is 13.1. The van der Waals surface area contributed by atoms with E-state index in [0.717, 1.165) is 35.5 Å². The number of carbonyl (C=O) groups is 1. The zero-order valence-corrected chi connectivity index (χ0v) is 17.4. The van der Waals surface area contributed by atoms with E-state index in [4.69, 9.17) is 0 Å². The van der Waals surface area contributed by atoms with Crippen molar-refractivity contribution in [2.24, 2.45) is 7.05 Å². The Morgan fingerprint density at radius 3 is 2.70 bits per heavy atom. The Balaban J connectivity index is 1.88. The highest BCUT2D eigenvalue weighted by molar-refractivity contribution is 7.07. The van der Waals surface area contributed by atoms with Crippen LogP contribution < -0.4 is 5.32 Å². The molecule has 1 amide bonds. The largest absolute Gasteiger partial charge is 0.350 e. The molecule has 144 valence electrons. The molecule has 3 rings (SSSR count). The summed E-state index contributed by atoms with van der Waals surface area (Å²) in [5.41, 5.74) is 4.28. The second-order valence-electron chi connectivity index (χ2n) is 6.72. The van der Waals surface area contributed by atoms with Crippen molar-refractivity contribution in [1.29, 1.82) is 0 Å². The highest BCUT2D eigenvalue weighted by atomic mass is 32.1. The second-order valence-corrected chi connectivity index (χ2v) is 7.50. The minimum absolute atomic E-state index is 0.0750. The van der Waals surface area contributed by atoms with Gasteiger partial charge >= 0.3 is 0 Å². The van der Waals surface area contributed by atoms with Crippen molar-refractivity contribution >= 4 is 28.3 Å². The number of fused-ring (bicyclic) bond motifs is 1. The van der Waals surface area contributed by atoms with Gasteiger partial charge in [0.15, 0.2) is 5.65 Å². The van der Waals surface area contributed by atoms with Crippen molar-refractivity contribution < 1.29 is 4.79 Å². The maximum Gasteiger partial charge on any atom is 0.252 e. The van der Waals surface area contributed by atoms with Gasteiger partial charge < -0.3 is 5.32 Å². The minimum atomic E-state index is -0.0750. The lowest BCUT2D eigenvalue weighted by molar-refractivity contribution is 0.0936. The number of pyridine rings is 1. The Hall–Kier alpha value is -2.25. The van der Waals surface area contributed by atoms with Gasteiger partial charge in [0.1, 0.15) is 0 Å². The lowest BCUT2D eigenvalue weighted by Crippen LogP contribution is -2.38. The highest BCUT2D eigenvalue weighted by Gasteiger charge is 2.22. The summed E-state index contributed by atoms with van der Waals surface area (Å²) in [6.07, 6.45) is 0. The number of carbonyl (C=O) groups excluding carboxylic acids is 1. The average Bonchev–Trinajstić information content (AvgIpc) is 3.26. The van der Waals surface area contributed by atoms with Crippen LogP contribution in [0.5, 0.6) is 0 Å². The van der Waals surface area contributed by atoms with Gasteiger partial charge in [-0.3, -0.25) is 14.4 Å². The van der Waals surface area contributed by atoms with E-state index in [1.165, 1.54) is 5.56 Å². The van der Waals surface area contributed by atoms with Crippen molar-refractivity contribution in [3.8, 4) is 0 Å². The topological polar surface area (TPSA) is 63.1 Å². The quantitative estimate of drug-likeness (QED) is 0.676. The van der Waals surface area contributed by atoms with Crippen LogP contribution in [0, 0.1) is 13.8 Å². The van der Waals surface area contributed by atoms with Crippen molar-refractivity contribution in [1.82, 2.24) is 25.0 Å². The summed E-state index contributed by atoms with van der Waals surface area (Å²) >= 11 is 1.69. The number of amides is 1. The lowest BCUT2D eigenvalue weighted by atomic mass is 10.1. The van der Waals surface area contributed by atoms with Crippen molar-refractivity contribution in [3.05, 3.63) is 45.4 Å². The number of nitrogens with one attached hydrogen (secondary N) is 1. The van der Waals surface area contributed by atoms with Crippen LogP contribution in [0.25, 0.3) is 11.0 Å². The standard InChI is InChI=1S/C20H27N5OS/c1-6-25(7-2)17(15-8-9-27-12-15)11-21-20(26)16-10-13(3)22-19-18(16)14(4)23-24(19)5/h8-10,12,17H,6-7,11H2,1-5H3,(H,21,26). The zero-order valence-electron chi connectivity index (χ0n) is 16.6. The van der Waals surface area contributed by atoms with Crippen LogP contribution in [-0.2, 0) is 7.05 Å². The third-order valence-electron chi connectivity index (χ3n) is 4.98. The molecule has 3 aromatic rings. The van der Waals surface area contributed by atoms with Crippen LogP contribution in [0.15, 0.2) is 22.9 Å². The molecule has 0 bridgehead atoms. The van der Waals surface area contributed by atoms with E-state index in [2.05, 4.69) is 51.0 Å². The maximum atomic E-state index is 13.1. The minimum Gasteiger partial charge on any atom is -0.350 e. The summed E-state index contributed by atoms with van der Waals surface area (Å²) in [7, 11) is 1.86. The fraction of sp³-hybridized carbons (Fsp3) is 0.450. The Morgan fingerprint density at radius 2 is 2.07 bits per heavy atom. The van der Waals surface area contributed by atoms with E-state index in [1.54, 1.807) is 16.0 Å². The molecular formula is C20H27N5OS. The molecule has 0 fully saturated rings. The van der Waals surface area contributed by atoms with E-state index in [0.29, 0.717) is 12.1 Å². The summed E-state index contributed by atoms with van der Waals surface area (Å²) < 4.78 is 1.73. The first kappa shape index (κ1) is 19.5. The van der Waals surface area contributed by atoms with Gasteiger partial charge in [0.2, 0.25) is 0 Å². The van der Waals surface area contributed by atoms with Gasteiger partial charge in [0, 0.05) is 19.3 Å². The number of rotatable bonds is 7. The lowest BCUT2D eigenvalue weighted by Gasteiger charge is -2.29. The van der Waals surface area contributed by atoms with Crippen LogP contribution in [0.4, 0.5) is 0 Å². The molecule has 0 spiro atoms. The van der Waals surface area contributed by atoms with Crippen LogP contribution in [0.2, 0.25) is 0 Å². The van der Waals surface area contributed by atoms with Crippen molar-refractivity contribution in [3.63, 3.8) is 0 Å². The summed E-state index contributed by atoms with van der Waals surface area (Å²) in [6, 6.07) is 4.16.